The van der Waals surface area contributed by atoms with Crippen molar-refractivity contribution in [2.75, 3.05) is 30.4 Å². The molecule has 0 aliphatic heterocycles. The van der Waals surface area contributed by atoms with Gasteiger partial charge >= 0.3 is 0 Å². The molecule has 0 radical (unpaired) electrons. The van der Waals surface area contributed by atoms with E-state index in [0.717, 1.165) is 0 Å². The fraction of sp³-hybridized carbons (Fsp3) is 0.556. The molecule has 4 nitrogen and oxygen atoms in total. The molecule has 0 saturated carbocycles. The standard InChI is InChI=1S/C9H14F2N4/c1-3-12-9-13-5-4-8(14-9)15(2)6-7(10)11/h4-5,7H,3,6H2,1-2H3,(H,12,13,14). The number of hydrogen-bond donors (Lipinski definition) is 1. The first-order valence-corrected chi connectivity index (χ1v) is 4.69. The van der Waals surface area contributed by atoms with Crippen LogP contribution in [0.1, 0.15) is 6.92 Å². The number of nitrogens with zero attached hydrogens (tertiary/aromatic N) is 3. The molecule has 0 amide bonds. The van der Waals surface area contributed by atoms with Crippen LogP contribution in [-0.2, 0) is 0 Å². The van der Waals surface area contributed by atoms with Crippen LogP contribution in [0.15, 0.2) is 12.3 Å². The van der Waals surface area contributed by atoms with Crippen molar-refractivity contribution in [1.82, 2.24) is 9.97 Å². The topological polar surface area (TPSA) is 41.1 Å². The Bertz CT molecular complexity index is 306. The second-order valence-electron chi connectivity index (χ2n) is 3.04. The summed E-state index contributed by atoms with van der Waals surface area (Å²) < 4.78 is 24.2. The van der Waals surface area contributed by atoms with Gasteiger partial charge < -0.3 is 10.2 Å². The zero-order valence-electron chi connectivity index (χ0n) is 8.74. The minimum atomic E-state index is -2.37. The maximum atomic E-state index is 12.1. The molecular weight excluding hydrogens is 202 g/mol. The van der Waals surface area contributed by atoms with Crippen molar-refractivity contribution in [2.24, 2.45) is 0 Å². The summed E-state index contributed by atoms with van der Waals surface area (Å²) in [7, 11) is 1.57. The maximum absolute atomic E-state index is 12.1. The Morgan fingerprint density at radius 1 is 1.53 bits per heavy atom. The number of halogens is 2. The Morgan fingerprint density at radius 2 is 2.27 bits per heavy atom. The molecular formula is C9H14F2N4. The highest BCUT2D eigenvalue weighted by atomic mass is 19.3. The van der Waals surface area contributed by atoms with Crippen LogP contribution in [0.2, 0.25) is 0 Å². The molecule has 1 rings (SSSR count). The van der Waals surface area contributed by atoms with Gasteiger partial charge in [0.05, 0.1) is 6.54 Å². The van der Waals surface area contributed by atoms with Crippen molar-refractivity contribution in [3.05, 3.63) is 12.3 Å². The molecule has 0 spiro atoms. The lowest BCUT2D eigenvalue weighted by Crippen LogP contribution is -2.25. The van der Waals surface area contributed by atoms with Crippen molar-refractivity contribution in [3.8, 4) is 0 Å². The summed E-state index contributed by atoms with van der Waals surface area (Å²) >= 11 is 0. The van der Waals surface area contributed by atoms with Gasteiger partial charge in [0.2, 0.25) is 5.95 Å². The molecule has 0 bridgehead atoms. The second-order valence-corrected chi connectivity index (χ2v) is 3.04. The maximum Gasteiger partial charge on any atom is 0.255 e. The van der Waals surface area contributed by atoms with E-state index in [0.29, 0.717) is 18.3 Å². The van der Waals surface area contributed by atoms with Crippen LogP contribution in [0.4, 0.5) is 20.5 Å². The summed E-state index contributed by atoms with van der Waals surface area (Å²) in [5, 5.41) is 2.92. The van der Waals surface area contributed by atoms with Gasteiger partial charge in [-0.15, -0.1) is 0 Å². The van der Waals surface area contributed by atoms with Crippen molar-refractivity contribution < 1.29 is 8.78 Å². The van der Waals surface area contributed by atoms with Gasteiger partial charge in [0.1, 0.15) is 5.82 Å². The van der Waals surface area contributed by atoms with Gasteiger partial charge in [0.15, 0.2) is 0 Å². The van der Waals surface area contributed by atoms with Crippen LogP contribution < -0.4 is 10.2 Å². The highest BCUT2D eigenvalue weighted by Gasteiger charge is 2.09. The Morgan fingerprint density at radius 3 is 2.87 bits per heavy atom. The Balaban J connectivity index is 2.71. The van der Waals surface area contributed by atoms with Gasteiger partial charge in [-0.3, -0.25) is 0 Å². The average Bonchev–Trinajstić information content (AvgIpc) is 2.17. The largest absolute Gasteiger partial charge is 0.354 e. The lowest BCUT2D eigenvalue weighted by molar-refractivity contribution is 0.156. The molecule has 0 aromatic carbocycles. The number of aromatic nitrogens is 2. The third-order valence-electron chi connectivity index (χ3n) is 1.78. The van der Waals surface area contributed by atoms with E-state index in [-0.39, 0.29) is 6.54 Å². The van der Waals surface area contributed by atoms with Crippen molar-refractivity contribution in [3.63, 3.8) is 0 Å². The molecule has 0 unspecified atom stereocenters. The minimum absolute atomic E-state index is 0.331. The van der Waals surface area contributed by atoms with E-state index in [1.54, 1.807) is 19.3 Å². The van der Waals surface area contributed by atoms with Crippen LogP contribution in [0.25, 0.3) is 0 Å². The number of hydrogen-bond acceptors (Lipinski definition) is 4. The molecule has 1 N–H and O–H groups in total. The van der Waals surface area contributed by atoms with E-state index in [1.807, 2.05) is 6.92 Å². The summed E-state index contributed by atoms with van der Waals surface area (Å²) in [5.41, 5.74) is 0. The molecule has 15 heavy (non-hydrogen) atoms. The van der Waals surface area contributed by atoms with Crippen LogP contribution in [-0.4, -0.2) is 36.5 Å². The van der Waals surface area contributed by atoms with Gasteiger partial charge in [-0.05, 0) is 13.0 Å². The van der Waals surface area contributed by atoms with E-state index in [1.165, 1.54) is 4.90 Å². The lowest BCUT2D eigenvalue weighted by atomic mass is 10.5. The highest BCUT2D eigenvalue weighted by molar-refractivity contribution is 5.41. The molecule has 0 fully saturated rings. The number of rotatable bonds is 5. The van der Waals surface area contributed by atoms with Crippen LogP contribution >= 0.6 is 0 Å². The molecule has 0 saturated heterocycles. The fourth-order valence-corrected chi connectivity index (χ4v) is 1.11. The summed E-state index contributed by atoms with van der Waals surface area (Å²) in [4.78, 5) is 9.44. The average molecular weight is 216 g/mol. The van der Waals surface area contributed by atoms with E-state index >= 15 is 0 Å². The zero-order valence-corrected chi connectivity index (χ0v) is 8.74. The number of anilines is 2. The second kappa shape index (κ2) is 5.43. The lowest BCUT2D eigenvalue weighted by Gasteiger charge is -2.17. The molecule has 1 heterocycles. The molecule has 84 valence electrons. The third-order valence-corrected chi connectivity index (χ3v) is 1.78. The fourth-order valence-electron chi connectivity index (χ4n) is 1.11. The first kappa shape index (κ1) is 11.6. The minimum Gasteiger partial charge on any atom is -0.354 e. The molecule has 1 aromatic heterocycles. The van der Waals surface area contributed by atoms with Crippen LogP contribution in [0.3, 0.4) is 0 Å². The van der Waals surface area contributed by atoms with Crippen molar-refractivity contribution in [1.29, 1.82) is 0 Å². The first-order chi connectivity index (χ1) is 7.13. The molecule has 1 aromatic rings. The van der Waals surface area contributed by atoms with E-state index < -0.39 is 6.43 Å². The van der Waals surface area contributed by atoms with E-state index in [4.69, 9.17) is 0 Å². The van der Waals surface area contributed by atoms with Crippen LogP contribution in [0.5, 0.6) is 0 Å². The summed E-state index contributed by atoms with van der Waals surface area (Å²) in [6.45, 7) is 2.28. The molecule has 6 heteroatoms. The van der Waals surface area contributed by atoms with E-state index in [9.17, 15) is 8.78 Å². The Kier molecular flexibility index (Phi) is 4.20. The van der Waals surface area contributed by atoms with Gasteiger partial charge in [-0.2, -0.15) is 4.98 Å². The molecule has 0 aliphatic rings. The monoisotopic (exact) mass is 216 g/mol. The zero-order chi connectivity index (χ0) is 11.3. The van der Waals surface area contributed by atoms with Gasteiger partial charge in [-0.25, -0.2) is 13.8 Å². The van der Waals surface area contributed by atoms with Gasteiger partial charge in [0.25, 0.3) is 6.43 Å². The van der Waals surface area contributed by atoms with Crippen molar-refractivity contribution >= 4 is 11.8 Å². The van der Waals surface area contributed by atoms with Gasteiger partial charge in [0, 0.05) is 19.8 Å². The number of alkyl halides is 2. The number of nitrogens with one attached hydrogen (secondary N) is 1. The Labute approximate surface area is 87.3 Å². The van der Waals surface area contributed by atoms with E-state index in [2.05, 4.69) is 15.3 Å². The van der Waals surface area contributed by atoms with Crippen molar-refractivity contribution in [2.45, 2.75) is 13.3 Å². The first-order valence-electron chi connectivity index (χ1n) is 4.69. The van der Waals surface area contributed by atoms with Crippen LogP contribution in [0, 0.1) is 0 Å². The normalized spacial score (nSPS) is 10.5. The quantitative estimate of drug-likeness (QED) is 0.811. The summed E-state index contributed by atoms with van der Waals surface area (Å²) in [5.74, 6) is 0.942. The summed E-state index contributed by atoms with van der Waals surface area (Å²) in [6, 6.07) is 1.60. The predicted octanol–water partition coefficient (Wildman–Crippen LogP) is 1.61. The molecule has 0 aliphatic carbocycles. The smallest absolute Gasteiger partial charge is 0.255 e. The third kappa shape index (κ3) is 3.65. The highest BCUT2D eigenvalue weighted by Crippen LogP contribution is 2.11. The summed E-state index contributed by atoms with van der Waals surface area (Å²) in [6.07, 6.45) is -0.824. The Hall–Kier alpha value is -1.46. The van der Waals surface area contributed by atoms with Gasteiger partial charge in [-0.1, -0.05) is 0 Å². The SMILES string of the molecule is CCNc1nccc(N(C)CC(F)F)n1. The molecule has 0 atom stereocenters. The predicted molar refractivity (Wildman–Crippen MR) is 55.5 cm³/mol.